The van der Waals surface area contributed by atoms with Crippen molar-refractivity contribution < 1.29 is 0 Å². The van der Waals surface area contributed by atoms with Crippen molar-refractivity contribution in [2.24, 2.45) is 4.99 Å². The van der Waals surface area contributed by atoms with Crippen molar-refractivity contribution >= 4 is 5.96 Å². The zero-order chi connectivity index (χ0) is 16.5. The molecule has 0 radical (unpaired) electrons. The number of rotatable bonds is 7. The Labute approximate surface area is 141 Å². The molecule has 1 aliphatic heterocycles. The first-order chi connectivity index (χ1) is 11.2. The van der Waals surface area contributed by atoms with Gasteiger partial charge in [-0.3, -0.25) is 9.89 Å². The molecule has 1 aromatic carbocycles. The molecule has 4 heteroatoms. The highest BCUT2D eigenvalue weighted by Crippen LogP contribution is 2.25. The molecule has 0 aliphatic carbocycles. The summed E-state index contributed by atoms with van der Waals surface area (Å²) in [6, 6.07) is 11.6. The zero-order valence-corrected chi connectivity index (χ0v) is 14.9. The van der Waals surface area contributed by atoms with Gasteiger partial charge in [-0.05, 0) is 51.8 Å². The van der Waals surface area contributed by atoms with Crippen LogP contribution < -0.4 is 10.6 Å². The summed E-state index contributed by atoms with van der Waals surface area (Å²) >= 11 is 0. The second-order valence-electron chi connectivity index (χ2n) is 6.34. The average molecular weight is 316 g/mol. The van der Waals surface area contributed by atoms with E-state index in [4.69, 9.17) is 4.99 Å². The van der Waals surface area contributed by atoms with Crippen LogP contribution in [0.2, 0.25) is 0 Å². The van der Waals surface area contributed by atoms with E-state index < -0.39 is 0 Å². The normalized spacial score (nSPS) is 18.7. The van der Waals surface area contributed by atoms with Gasteiger partial charge in [0.25, 0.3) is 0 Å². The van der Waals surface area contributed by atoms with E-state index in [-0.39, 0.29) is 0 Å². The number of nitrogens with one attached hydrogen (secondary N) is 2. The first kappa shape index (κ1) is 17.8. The maximum absolute atomic E-state index is 4.88. The predicted molar refractivity (Wildman–Crippen MR) is 98.9 cm³/mol. The van der Waals surface area contributed by atoms with E-state index >= 15 is 0 Å². The minimum Gasteiger partial charge on any atom is -0.357 e. The second kappa shape index (κ2) is 9.56. The topological polar surface area (TPSA) is 39.7 Å². The van der Waals surface area contributed by atoms with Crippen LogP contribution in [-0.2, 0) is 0 Å². The second-order valence-corrected chi connectivity index (χ2v) is 6.34. The molecule has 23 heavy (non-hydrogen) atoms. The van der Waals surface area contributed by atoms with Crippen LogP contribution in [0.4, 0.5) is 0 Å². The standard InChI is InChI=1S/C19H32N4/c1-4-16(3)22-19(20-5-2)21-15-18(23-13-9-10-14-23)17-11-7-6-8-12-17/h6-8,11-12,16,18H,4-5,9-10,13-15H2,1-3H3,(H2,20,21,22). The summed E-state index contributed by atoms with van der Waals surface area (Å²) in [5.74, 6) is 0.932. The number of nitrogens with zero attached hydrogens (tertiary/aromatic N) is 2. The van der Waals surface area contributed by atoms with Gasteiger partial charge in [0.15, 0.2) is 5.96 Å². The largest absolute Gasteiger partial charge is 0.357 e. The third kappa shape index (κ3) is 5.54. The van der Waals surface area contributed by atoms with Gasteiger partial charge in [-0.25, -0.2) is 0 Å². The Morgan fingerprint density at radius 3 is 2.48 bits per heavy atom. The summed E-state index contributed by atoms with van der Waals surface area (Å²) in [6.45, 7) is 10.6. The van der Waals surface area contributed by atoms with Crippen molar-refractivity contribution in [3.8, 4) is 0 Å². The number of hydrogen-bond donors (Lipinski definition) is 2. The lowest BCUT2D eigenvalue weighted by Crippen LogP contribution is -2.42. The Bertz CT molecular complexity index is 466. The van der Waals surface area contributed by atoms with Gasteiger partial charge < -0.3 is 10.6 Å². The number of guanidine groups is 1. The fourth-order valence-electron chi connectivity index (χ4n) is 2.99. The molecule has 4 nitrogen and oxygen atoms in total. The first-order valence-electron chi connectivity index (χ1n) is 9.08. The van der Waals surface area contributed by atoms with Gasteiger partial charge in [-0.2, -0.15) is 0 Å². The Morgan fingerprint density at radius 1 is 1.17 bits per heavy atom. The Hall–Kier alpha value is -1.55. The van der Waals surface area contributed by atoms with E-state index in [2.05, 4.69) is 66.6 Å². The summed E-state index contributed by atoms with van der Waals surface area (Å²) in [4.78, 5) is 7.45. The van der Waals surface area contributed by atoms with Gasteiger partial charge in [0, 0.05) is 12.6 Å². The smallest absolute Gasteiger partial charge is 0.191 e. The number of likely N-dealkylation sites (tertiary alicyclic amines) is 1. The fourth-order valence-corrected chi connectivity index (χ4v) is 2.99. The maximum atomic E-state index is 4.88. The van der Waals surface area contributed by atoms with Gasteiger partial charge in [0.2, 0.25) is 0 Å². The SMILES string of the molecule is CCNC(=NCC(c1ccccc1)N1CCCC1)NC(C)CC. The molecule has 0 spiro atoms. The van der Waals surface area contributed by atoms with Crippen LogP contribution in [-0.4, -0.2) is 43.1 Å². The van der Waals surface area contributed by atoms with Gasteiger partial charge >= 0.3 is 0 Å². The molecule has 2 N–H and O–H groups in total. The van der Waals surface area contributed by atoms with E-state index in [0.29, 0.717) is 12.1 Å². The van der Waals surface area contributed by atoms with Gasteiger partial charge in [-0.15, -0.1) is 0 Å². The molecule has 128 valence electrons. The van der Waals surface area contributed by atoms with Gasteiger partial charge in [-0.1, -0.05) is 37.3 Å². The van der Waals surface area contributed by atoms with E-state index in [1.165, 1.54) is 31.5 Å². The minimum atomic E-state index is 0.381. The van der Waals surface area contributed by atoms with Crippen molar-refractivity contribution in [1.82, 2.24) is 15.5 Å². The van der Waals surface area contributed by atoms with E-state index in [9.17, 15) is 0 Å². The minimum absolute atomic E-state index is 0.381. The molecule has 1 heterocycles. The van der Waals surface area contributed by atoms with Crippen LogP contribution in [0.1, 0.15) is 51.6 Å². The van der Waals surface area contributed by atoms with Crippen LogP contribution in [0, 0.1) is 0 Å². The van der Waals surface area contributed by atoms with Crippen molar-refractivity contribution in [1.29, 1.82) is 0 Å². The molecule has 1 saturated heterocycles. The molecule has 0 amide bonds. The van der Waals surface area contributed by atoms with E-state index in [1.807, 2.05) is 0 Å². The van der Waals surface area contributed by atoms with Gasteiger partial charge in [0.05, 0.1) is 12.6 Å². The molecular weight excluding hydrogens is 284 g/mol. The van der Waals surface area contributed by atoms with Crippen molar-refractivity contribution in [2.75, 3.05) is 26.2 Å². The fraction of sp³-hybridized carbons (Fsp3) is 0.632. The average Bonchev–Trinajstić information content (AvgIpc) is 3.10. The van der Waals surface area contributed by atoms with E-state index in [0.717, 1.165) is 25.5 Å². The highest BCUT2D eigenvalue weighted by molar-refractivity contribution is 5.80. The van der Waals surface area contributed by atoms with Crippen molar-refractivity contribution in [2.45, 2.75) is 52.1 Å². The molecule has 0 saturated carbocycles. The van der Waals surface area contributed by atoms with Crippen LogP contribution in [0.5, 0.6) is 0 Å². The van der Waals surface area contributed by atoms with Crippen LogP contribution in [0.15, 0.2) is 35.3 Å². The highest BCUT2D eigenvalue weighted by Gasteiger charge is 2.23. The molecule has 0 aromatic heterocycles. The van der Waals surface area contributed by atoms with Gasteiger partial charge in [0.1, 0.15) is 0 Å². The molecule has 1 aliphatic rings. The Kier molecular flexibility index (Phi) is 7.40. The van der Waals surface area contributed by atoms with E-state index in [1.54, 1.807) is 0 Å². The Balaban J connectivity index is 2.10. The van der Waals surface area contributed by atoms with Crippen LogP contribution >= 0.6 is 0 Å². The Morgan fingerprint density at radius 2 is 1.87 bits per heavy atom. The summed E-state index contributed by atoms with van der Waals surface area (Å²) in [7, 11) is 0. The monoisotopic (exact) mass is 316 g/mol. The molecule has 2 unspecified atom stereocenters. The number of benzene rings is 1. The molecule has 1 fully saturated rings. The highest BCUT2D eigenvalue weighted by atomic mass is 15.2. The third-order valence-corrected chi connectivity index (χ3v) is 4.53. The predicted octanol–water partition coefficient (Wildman–Crippen LogP) is 3.18. The lowest BCUT2D eigenvalue weighted by atomic mass is 10.1. The van der Waals surface area contributed by atoms with Crippen molar-refractivity contribution in [3.63, 3.8) is 0 Å². The molecule has 1 aromatic rings. The summed E-state index contributed by atoms with van der Waals surface area (Å²) in [5, 5.41) is 6.85. The first-order valence-corrected chi connectivity index (χ1v) is 9.08. The molecule has 2 rings (SSSR count). The lowest BCUT2D eigenvalue weighted by molar-refractivity contribution is 0.251. The molecular formula is C19H32N4. The molecule has 2 atom stereocenters. The van der Waals surface area contributed by atoms with Crippen LogP contribution in [0.3, 0.4) is 0 Å². The summed E-state index contributed by atoms with van der Waals surface area (Å²) in [5.41, 5.74) is 1.37. The summed E-state index contributed by atoms with van der Waals surface area (Å²) < 4.78 is 0. The van der Waals surface area contributed by atoms with Crippen molar-refractivity contribution in [3.05, 3.63) is 35.9 Å². The maximum Gasteiger partial charge on any atom is 0.191 e. The molecule has 0 bridgehead atoms. The lowest BCUT2D eigenvalue weighted by Gasteiger charge is -2.27. The third-order valence-electron chi connectivity index (χ3n) is 4.53. The van der Waals surface area contributed by atoms with Crippen LogP contribution in [0.25, 0.3) is 0 Å². The zero-order valence-electron chi connectivity index (χ0n) is 14.9. The number of hydrogen-bond acceptors (Lipinski definition) is 2. The summed E-state index contributed by atoms with van der Waals surface area (Å²) in [6.07, 6.45) is 3.70. The number of aliphatic imine (C=N–C) groups is 1. The quantitative estimate of drug-likeness (QED) is 0.599.